The number of rotatable bonds is 8. The molecular weight excluding hydrogens is 630 g/mol. The lowest BCUT2D eigenvalue weighted by atomic mass is 10.2. The highest BCUT2D eigenvalue weighted by Crippen LogP contribution is 2.44. The van der Waals surface area contributed by atoms with E-state index in [1.807, 2.05) is 0 Å². The third-order valence-electron chi connectivity index (χ3n) is 5.38. The quantitative estimate of drug-likeness (QED) is 0.180. The number of nitrogens with one attached hydrogen (secondary N) is 4. The summed E-state index contributed by atoms with van der Waals surface area (Å²) < 4.78 is 8.56. The predicted octanol–water partition coefficient (Wildman–Crippen LogP) is 4.31. The van der Waals surface area contributed by atoms with E-state index in [1.54, 1.807) is 0 Å². The molecule has 1 aliphatic heterocycles. The Morgan fingerprint density at radius 3 is 1.54 bits per heavy atom. The van der Waals surface area contributed by atoms with Crippen LogP contribution in [0.25, 0.3) is 0 Å². The molecule has 1 aliphatic rings. The summed E-state index contributed by atoms with van der Waals surface area (Å²) in [5.74, 6) is -2.53. The van der Waals surface area contributed by atoms with Crippen molar-refractivity contribution in [1.82, 2.24) is 4.99 Å². The lowest BCUT2D eigenvalue weighted by Gasteiger charge is -2.23. The van der Waals surface area contributed by atoms with Crippen molar-refractivity contribution in [3.05, 3.63) is 44.6 Å². The third kappa shape index (κ3) is 7.42. The lowest BCUT2D eigenvalue weighted by molar-refractivity contribution is -0.760. The van der Waals surface area contributed by atoms with Crippen LogP contribution in [0, 0.1) is 0 Å². The summed E-state index contributed by atoms with van der Waals surface area (Å²) in [7, 11) is 2.24. The molecule has 41 heavy (non-hydrogen) atoms. The molecule has 6 N–H and O–H groups in total. The van der Waals surface area contributed by atoms with Crippen molar-refractivity contribution in [3.8, 4) is 11.5 Å². The molecule has 0 saturated carbocycles. The van der Waals surface area contributed by atoms with Crippen LogP contribution < -0.4 is 26.3 Å². The highest BCUT2D eigenvalue weighted by atomic mass is 35.5. The van der Waals surface area contributed by atoms with Crippen LogP contribution >= 0.6 is 46.4 Å². The predicted molar refractivity (Wildman–Crippen MR) is 153 cm³/mol. The fourth-order valence-electron chi connectivity index (χ4n) is 3.48. The molecule has 0 fully saturated rings. The number of phenols is 2. The van der Waals surface area contributed by atoms with Crippen LogP contribution in [0.15, 0.2) is 24.5 Å². The fourth-order valence-corrected chi connectivity index (χ4v) is 4.58. The minimum atomic E-state index is -0.888. The largest absolute Gasteiger partial charge is 0.504 e. The molecule has 14 nitrogen and oxygen atoms in total. The van der Waals surface area contributed by atoms with E-state index >= 15 is 0 Å². The first-order valence-electron chi connectivity index (χ1n) is 11.1. The molecule has 0 spiro atoms. The summed E-state index contributed by atoms with van der Waals surface area (Å²) in [6.45, 7) is -0.751. The summed E-state index contributed by atoms with van der Waals surface area (Å²) in [4.78, 5) is 52.8. The van der Waals surface area contributed by atoms with Crippen molar-refractivity contribution in [2.45, 2.75) is 0 Å². The number of hydrogen-bond donors (Lipinski definition) is 6. The molecule has 3 rings (SSSR count). The Hall–Kier alpha value is -3.95. The second-order valence-electron chi connectivity index (χ2n) is 8.20. The Morgan fingerprint density at radius 2 is 1.20 bits per heavy atom. The molecule has 0 saturated heterocycles. The number of amides is 4. The number of carbonyl (C=O) groups is 4. The van der Waals surface area contributed by atoms with Crippen molar-refractivity contribution in [2.75, 3.05) is 48.6 Å². The molecule has 0 atom stereocenters. The fraction of sp³-hybridized carbons (Fsp3) is 0.174. The molecule has 0 aliphatic carbocycles. The van der Waals surface area contributed by atoms with Crippen molar-refractivity contribution >= 4 is 99.5 Å². The van der Waals surface area contributed by atoms with Crippen molar-refractivity contribution in [3.63, 3.8) is 0 Å². The summed E-state index contributed by atoms with van der Waals surface area (Å²) >= 11 is 24.5. The van der Waals surface area contributed by atoms with Gasteiger partial charge in [0.05, 0.1) is 47.0 Å². The van der Waals surface area contributed by atoms with Crippen molar-refractivity contribution in [1.29, 1.82) is 0 Å². The van der Waals surface area contributed by atoms with Crippen LogP contribution in [0.3, 0.4) is 0 Å². The minimum Gasteiger partial charge on any atom is -0.504 e. The van der Waals surface area contributed by atoms with Gasteiger partial charge >= 0.3 is 24.7 Å². The van der Waals surface area contributed by atoms with Gasteiger partial charge in [0.1, 0.15) is 15.0 Å². The molecule has 2 aromatic carbocycles. The number of phenolic OH excluding ortho intramolecular Hbond substituents is 2. The highest BCUT2D eigenvalue weighted by molar-refractivity contribution is 6.42. The smallest absolute Gasteiger partial charge is 0.411 e. The zero-order valence-corrected chi connectivity index (χ0v) is 24.1. The molecule has 18 heteroatoms. The Bertz CT molecular complexity index is 1370. The van der Waals surface area contributed by atoms with Crippen LogP contribution in [0.1, 0.15) is 0 Å². The standard InChI is InChI=1S/C23H20Cl4N6O8/c1-40-22(38)31-18-10(24)5-12(20(36)16(18)26)29-14(34)7-33(4-3-28-9-33)8-15(35)30-13-6-11(25)19(17(27)21(13)37)32-23(39)41-2/h3-6,9H,7-8H2,1-2H3,(H5-,29,30,31,32,34,35,36,37,38,39)/q+1/p+1. The first-order chi connectivity index (χ1) is 19.3. The van der Waals surface area contributed by atoms with Gasteiger partial charge in [-0.05, 0) is 12.1 Å². The van der Waals surface area contributed by atoms with Gasteiger partial charge < -0.3 is 30.3 Å². The van der Waals surface area contributed by atoms with Crippen LogP contribution in [0.5, 0.6) is 11.5 Å². The maximum Gasteiger partial charge on any atom is 0.411 e. The first-order valence-corrected chi connectivity index (χ1v) is 12.6. The number of aliphatic imine (C=N–C) groups is 1. The number of nitrogens with zero attached hydrogens (tertiary/aromatic N) is 2. The van der Waals surface area contributed by atoms with Gasteiger partial charge in [-0.3, -0.25) is 20.2 Å². The highest BCUT2D eigenvalue weighted by Gasteiger charge is 2.39. The Labute approximate surface area is 252 Å². The number of hydrogen-bond acceptors (Lipinski definition) is 9. The lowest BCUT2D eigenvalue weighted by Crippen LogP contribution is -2.50. The second-order valence-corrected chi connectivity index (χ2v) is 9.77. The monoisotopic (exact) mass is 649 g/mol. The van der Waals surface area contributed by atoms with Gasteiger partial charge in [-0.25, -0.2) is 9.59 Å². The number of halogens is 4. The number of aromatic hydroxyl groups is 2. The Kier molecular flexibility index (Phi) is 10.1. The van der Waals surface area contributed by atoms with Gasteiger partial charge in [-0.15, -0.1) is 0 Å². The molecule has 0 unspecified atom stereocenters. The normalized spacial score (nSPS) is 12.9. The number of methoxy groups -OCH3 is 2. The van der Waals surface area contributed by atoms with E-state index in [-0.39, 0.29) is 55.9 Å². The number of ether oxygens (including phenoxy) is 2. The average molecular weight is 651 g/mol. The van der Waals surface area contributed by atoms with E-state index < -0.39 is 40.0 Å². The van der Waals surface area contributed by atoms with Crippen LogP contribution in [0.2, 0.25) is 20.1 Å². The topological polar surface area (TPSA) is 189 Å². The number of quaternary nitrogens is 1. The molecule has 4 amide bonds. The molecule has 1 radical (unpaired) electrons. The van der Waals surface area contributed by atoms with E-state index in [2.05, 4.69) is 35.7 Å². The summed E-state index contributed by atoms with van der Waals surface area (Å²) in [5, 5.41) is 29.4. The van der Waals surface area contributed by atoms with E-state index in [4.69, 9.17) is 46.4 Å². The Morgan fingerprint density at radius 1 is 0.780 bits per heavy atom. The molecule has 1 heterocycles. The number of benzene rings is 2. The molecule has 0 bridgehead atoms. The van der Waals surface area contributed by atoms with E-state index in [1.165, 1.54) is 18.7 Å². The number of anilines is 4. The van der Waals surface area contributed by atoms with Gasteiger partial charge in [0.25, 0.3) is 11.8 Å². The SMILES string of the molecule is COC(=O)Nc1c(Cl)cc(NC(=O)C[N+]2(CC(=O)Nc3cc(Cl)c(NC(=O)OC)c(Cl)c3O)C=C[N+]=C2)c(O)c1Cl. The zero-order valence-electron chi connectivity index (χ0n) is 21.1. The van der Waals surface area contributed by atoms with Crippen LogP contribution in [-0.4, -0.2) is 72.3 Å². The van der Waals surface area contributed by atoms with Crippen molar-refractivity contribution < 1.29 is 43.3 Å². The minimum absolute atomic E-state index is 0.107. The maximum atomic E-state index is 12.9. The maximum absolute atomic E-state index is 12.9. The van der Waals surface area contributed by atoms with Gasteiger partial charge in [0.15, 0.2) is 30.8 Å². The average Bonchev–Trinajstić information content (AvgIpc) is 3.37. The summed E-state index contributed by atoms with van der Waals surface area (Å²) in [6, 6.07) is 2.32. The van der Waals surface area contributed by atoms with Crippen LogP contribution in [-0.2, 0) is 19.1 Å². The molecule has 0 aromatic heterocycles. The van der Waals surface area contributed by atoms with Crippen LogP contribution in [0.4, 0.5) is 32.3 Å². The molecular formula is C23H21Cl4N6O8+2. The number of carbonyl (C=O) groups excluding carboxylic acids is 4. The van der Waals surface area contributed by atoms with Gasteiger partial charge in [0.2, 0.25) is 0 Å². The van der Waals surface area contributed by atoms with E-state index in [0.29, 0.717) is 0 Å². The molecule has 217 valence electrons. The second kappa shape index (κ2) is 13.1. The third-order valence-corrected chi connectivity index (χ3v) is 6.71. The summed E-state index contributed by atoms with van der Waals surface area (Å²) in [5.41, 5.74) is -0.609. The summed E-state index contributed by atoms with van der Waals surface area (Å²) in [6.07, 6.45) is 2.39. The Balaban J connectivity index is 1.75. The van der Waals surface area contributed by atoms with Gasteiger partial charge in [-0.2, -0.15) is 4.48 Å². The zero-order chi connectivity index (χ0) is 30.5. The van der Waals surface area contributed by atoms with Gasteiger partial charge in [0, 0.05) is 0 Å². The first kappa shape index (κ1) is 31.6. The van der Waals surface area contributed by atoms with Gasteiger partial charge in [-0.1, -0.05) is 46.4 Å². The van der Waals surface area contributed by atoms with E-state index in [9.17, 15) is 29.4 Å². The van der Waals surface area contributed by atoms with Crippen molar-refractivity contribution in [2.24, 2.45) is 0 Å². The molecule has 2 aromatic rings. The van der Waals surface area contributed by atoms with E-state index in [0.717, 1.165) is 26.4 Å².